The Bertz CT molecular complexity index is 1190. The monoisotopic (exact) mass is 451 g/mol. The van der Waals surface area contributed by atoms with Gasteiger partial charge < -0.3 is 15.2 Å². The Morgan fingerprint density at radius 3 is 2.06 bits per heavy atom. The fourth-order valence-corrected chi connectivity index (χ4v) is 3.77. The molecule has 0 bridgehead atoms. The maximum Gasteiger partial charge on any atom is 0.303 e. The number of carbonyl (C=O) groups is 1. The average Bonchev–Trinajstić information content (AvgIpc) is 2.88. The number of rotatable bonds is 11. The summed E-state index contributed by atoms with van der Waals surface area (Å²) < 4.78 is 5.87. The molecule has 0 saturated heterocycles. The predicted octanol–water partition coefficient (Wildman–Crippen LogP) is 6.24. The van der Waals surface area contributed by atoms with Crippen molar-refractivity contribution < 1.29 is 14.6 Å². The lowest BCUT2D eigenvalue weighted by molar-refractivity contribution is -0.136. The van der Waals surface area contributed by atoms with Gasteiger partial charge in [-0.25, -0.2) is 0 Å². The first kappa shape index (κ1) is 23.3. The predicted molar refractivity (Wildman–Crippen MR) is 136 cm³/mol. The van der Waals surface area contributed by atoms with E-state index >= 15 is 0 Å². The molecule has 0 aliphatic rings. The summed E-state index contributed by atoms with van der Waals surface area (Å²) in [7, 11) is 0. The summed E-state index contributed by atoms with van der Waals surface area (Å²) in [4.78, 5) is 10.7. The van der Waals surface area contributed by atoms with Gasteiger partial charge in [0.25, 0.3) is 0 Å². The van der Waals surface area contributed by atoms with E-state index in [0.717, 1.165) is 30.0 Å². The van der Waals surface area contributed by atoms with E-state index in [1.54, 1.807) is 0 Å². The Labute approximate surface area is 200 Å². The second-order valence-corrected chi connectivity index (χ2v) is 8.31. The summed E-state index contributed by atoms with van der Waals surface area (Å²) in [5.41, 5.74) is 7.06. The minimum atomic E-state index is -0.781. The Hall–Kier alpha value is -3.89. The molecule has 172 valence electrons. The maximum atomic E-state index is 10.7. The quantitative estimate of drug-likeness (QED) is 0.283. The molecule has 4 aromatic rings. The molecule has 0 amide bonds. The van der Waals surface area contributed by atoms with Crippen molar-refractivity contribution in [1.82, 2.24) is 5.32 Å². The number of aliphatic carboxylic acids is 1. The summed E-state index contributed by atoms with van der Waals surface area (Å²) in [5.74, 6) is -0.00112. The average molecular weight is 452 g/mol. The van der Waals surface area contributed by atoms with Crippen LogP contribution in [0, 0.1) is 0 Å². The van der Waals surface area contributed by atoms with Gasteiger partial charge in [-0.2, -0.15) is 0 Å². The summed E-state index contributed by atoms with van der Waals surface area (Å²) in [6.07, 6.45) is 0.672. The van der Waals surface area contributed by atoms with E-state index in [1.165, 1.54) is 22.3 Å². The van der Waals surface area contributed by atoms with Gasteiger partial charge in [0.1, 0.15) is 12.4 Å². The highest BCUT2D eigenvalue weighted by Crippen LogP contribution is 2.20. The number of ether oxygens (including phenoxy) is 1. The van der Waals surface area contributed by atoms with Gasteiger partial charge in [0.2, 0.25) is 0 Å². The number of hydrogen-bond donors (Lipinski definition) is 2. The topological polar surface area (TPSA) is 58.6 Å². The standard InChI is InChI=1S/C30H29NO3/c32-30(33)18-15-23-13-16-29(17-14-23)34-22-25-11-9-24(10-12-25)20-31-21-26-5-4-8-28(19-26)27-6-2-1-3-7-27/h1-14,16-17,19,31H,15,18,20-22H2,(H,32,33). The fraction of sp³-hybridized carbons (Fsp3) is 0.167. The molecular weight excluding hydrogens is 422 g/mol. The Kier molecular flexibility index (Phi) is 8.09. The fourth-order valence-electron chi connectivity index (χ4n) is 3.77. The molecule has 0 atom stereocenters. The molecule has 4 heteroatoms. The molecular formula is C30H29NO3. The van der Waals surface area contributed by atoms with E-state index < -0.39 is 5.97 Å². The van der Waals surface area contributed by atoms with Crippen molar-refractivity contribution in [1.29, 1.82) is 0 Å². The first-order valence-corrected chi connectivity index (χ1v) is 11.5. The molecule has 0 unspecified atom stereocenters. The summed E-state index contributed by atoms with van der Waals surface area (Å²) in [6.45, 7) is 2.11. The molecule has 0 saturated carbocycles. The normalized spacial score (nSPS) is 10.7. The minimum absolute atomic E-state index is 0.140. The Morgan fingerprint density at radius 2 is 1.32 bits per heavy atom. The number of nitrogens with one attached hydrogen (secondary N) is 1. The van der Waals surface area contributed by atoms with Crippen LogP contribution in [0.4, 0.5) is 0 Å². The first-order chi connectivity index (χ1) is 16.7. The van der Waals surface area contributed by atoms with Crippen LogP contribution in [0.1, 0.15) is 28.7 Å². The molecule has 0 aromatic heterocycles. The van der Waals surface area contributed by atoms with Gasteiger partial charge in [0.05, 0.1) is 0 Å². The zero-order chi connectivity index (χ0) is 23.6. The van der Waals surface area contributed by atoms with Crippen LogP contribution in [0.25, 0.3) is 11.1 Å². The zero-order valence-electron chi connectivity index (χ0n) is 19.1. The molecule has 0 aliphatic carbocycles. The molecule has 0 spiro atoms. The van der Waals surface area contributed by atoms with Crippen LogP contribution in [0.3, 0.4) is 0 Å². The van der Waals surface area contributed by atoms with E-state index in [4.69, 9.17) is 9.84 Å². The second kappa shape index (κ2) is 11.8. The highest BCUT2D eigenvalue weighted by molar-refractivity contribution is 5.67. The SMILES string of the molecule is O=C(O)CCc1ccc(OCc2ccc(CNCc3cccc(-c4ccccc4)c3)cc2)cc1. The maximum absolute atomic E-state index is 10.7. The molecule has 4 aromatic carbocycles. The van der Waals surface area contributed by atoms with Gasteiger partial charge >= 0.3 is 5.97 Å². The zero-order valence-corrected chi connectivity index (χ0v) is 19.1. The van der Waals surface area contributed by atoms with Crippen molar-refractivity contribution in [3.05, 3.63) is 125 Å². The second-order valence-electron chi connectivity index (χ2n) is 8.31. The number of hydrogen-bond acceptors (Lipinski definition) is 3. The highest BCUT2D eigenvalue weighted by atomic mass is 16.5. The van der Waals surface area contributed by atoms with Crippen molar-refractivity contribution >= 4 is 5.97 Å². The van der Waals surface area contributed by atoms with Crippen LogP contribution in [0.5, 0.6) is 5.75 Å². The van der Waals surface area contributed by atoms with Crippen LogP contribution in [0.15, 0.2) is 103 Å². The lowest BCUT2D eigenvalue weighted by Crippen LogP contribution is -2.12. The van der Waals surface area contributed by atoms with Gasteiger partial charge in [-0.05, 0) is 58.0 Å². The number of aryl methyl sites for hydroxylation is 1. The van der Waals surface area contributed by atoms with Gasteiger partial charge in [-0.3, -0.25) is 4.79 Å². The third kappa shape index (κ3) is 7.06. The van der Waals surface area contributed by atoms with Gasteiger partial charge in [0, 0.05) is 19.5 Å². The van der Waals surface area contributed by atoms with E-state index in [-0.39, 0.29) is 6.42 Å². The van der Waals surface area contributed by atoms with Crippen LogP contribution in [0.2, 0.25) is 0 Å². The minimum Gasteiger partial charge on any atom is -0.489 e. The van der Waals surface area contributed by atoms with E-state index in [2.05, 4.69) is 78.1 Å². The number of benzene rings is 4. The Morgan fingerprint density at radius 1 is 0.676 bits per heavy atom. The molecule has 0 fully saturated rings. The van der Waals surface area contributed by atoms with E-state index in [0.29, 0.717) is 13.0 Å². The van der Waals surface area contributed by atoms with Crippen LogP contribution < -0.4 is 10.1 Å². The Balaban J connectivity index is 1.22. The van der Waals surface area contributed by atoms with E-state index in [9.17, 15) is 4.79 Å². The van der Waals surface area contributed by atoms with Crippen LogP contribution in [-0.2, 0) is 30.9 Å². The van der Waals surface area contributed by atoms with Gasteiger partial charge in [0.15, 0.2) is 0 Å². The van der Waals surface area contributed by atoms with Crippen molar-refractivity contribution in [2.24, 2.45) is 0 Å². The number of carboxylic acid groups (broad SMARTS) is 1. The molecule has 0 radical (unpaired) electrons. The molecule has 0 aliphatic heterocycles. The van der Waals surface area contributed by atoms with Crippen LogP contribution >= 0.6 is 0 Å². The lowest BCUT2D eigenvalue weighted by atomic mass is 10.0. The molecule has 2 N–H and O–H groups in total. The smallest absolute Gasteiger partial charge is 0.303 e. The summed E-state index contributed by atoms with van der Waals surface area (Å²) in [5, 5.41) is 12.3. The highest BCUT2D eigenvalue weighted by Gasteiger charge is 2.02. The lowest BCUT2D eigenvalue weighted by Gasteiger charge is -2.10. The van der Waals surface area contributed by atoms with Crippen molar-refractivity contribution in [3.8, 4) is 16.9 Å². The van der Waals surface area contributed by atoms with Crippen molar-refractivity contribution in [2.45, 2.75) is 32.5 Å². The van der Waals surface area contributed by atoms with Gasteiger partial charge in [-0.1, -0.05) is 84.9 Å². The molecule has 0 heterocycles. The van der Waals surface area contributed by atoms with Gasteiger partial charge in [-0.15, -0.1) is 0 Å². The van der Waals surface area contributed by atoms with Crippen molar-refractivity contribution in [3.63, 3.8) is 0 Å². The van der Waals surface area contributed by atoms with Crippen LogP contribution in [-0.4, -0.2) is 11.1 Å². The largest absolute Gasteiger partial charge is 0.489 e. The van der Waals surface area contributed by atoms with Crippen molar-refractivity contribution in [2.75, 3.05) is 0 Å². The third-order valence-electron chi connectivity index (χ3n) is 5.67. The first-order valence-electron chi connectivity index (χ1n) is 11.5. The van der Waals surface area contributed by atoms with E-state index in [1.807, 2.05) is 30.3 Å². The third-order valence-corrected chi connectivity index (χ3v) is 5.67. The molecule has 4 nitrogen and oxygen atoms in total. The molecule has 4 rings (SSSR count). The number of carboxylic acids is 1. The summed E-state index contributed by atoms with van der Waals surface area (Å²) >= 11 is 0. The molecule has 34 heavy (non-hydrogen) atoms. The summed E-state index contributed by atoms with van der Waals surface area (Å²) in [6, 6.07) is 35.1.